The Bertz CT molecular complexity index is 1390. The Balaban J connectivity index is 1.49. The number of halogens is 2. The molecule has 2 aliphatic heterocycles. The van der Waals surface area contributed by atoms with E-state index in [1.807, 2.05) is 25.1 Å². The van der Waals surface area contributed by atoms with Crippen LogP contribution in [-0.4, -0.2) is 44.9 Å². The second-order valence-electron chi connectivity index (χ2n) is 8.36. The smallest absolute Gasteiger partial charge is 0.280 e. The van der Waals surface area contributed by atoms with E-state index in [1.54, 1.807) is 40.0 Å². The summed E-state index contributed by atoms with van der Waals surface area (Å²) in [7, 11) is 1.77. The first-order valence-electron chi connectivity index (χ1n) is 10.4. The van der Waals surface area contributed by atoms with Crippen LogP contribution >= 0.6 is 0 Å². The van der Waals surface area contributed by atoms with Gasteiger partial charge in [0.15, 0.2) is 5.69 Å². The number of amides is 1. The number of nitrogens with one attached hydrogen (secondary N) is 1. The van der Waals surface area contributed by atoms with Crippen molar-refractivity contribution in [1.29, 1.82) is 0 Å². The van der Waals surface area contributed by atoms with Gasteiger partial charge in [-0.05, 0) is 37.3 Å². The van der Waals surface area contributed by atoms with Crippen molar-refractivity contribution in [2.75, 3.05) is 22.9 Å². The molecule has 2 aromatic heterocycles. The van der Waals surface area contributed by atoms with E-state index in [0.717, 1.165) is 11.2 Å². The molecule has 4 heterocycles. The molecule has 1 unspecified atom stereocenters. The van der Waals surface area contributed by atoms with E-state index < -0.39 is 18.0 Å². The van der Waals surface area contributed by atoms with E-state index in [9.17, 15) is 9.18 Å². The second-order valence-corrected chi connectivity index (χ2v) is 8.36. The molecule has 1 atom stereocenters. The van der Waals surface area contributed by atoms with Gasteiger partial charge in [0.2, 0.25) is 0 Å². The highest BCUT2D eigenvalue weighted by atomic mass is 19.1. The number of H-pyrrole nitrogens is 1. The number of nitrogens with zero attached hydrogens (tertiary/aromatic N) is 5. The van der Waals surface area contributed by atoms with Gasteiger partial charge in [0, 0.05) is 35.2 Å². The Morgan fingerprint density at radius 1 is 1.12 bits per heavy atom. The number of rotatable bonds is 3. The molecule has 1 saturated heterocycles. The minimum atomic E-state index is -0.877. The van der Waals surface area contributed by atoms with Crippen LogP contribution < -0.4 is 9.80 Å². The van der Waals surface area contributed by atoms with Gasteiger partial charge in [0.25, 0.3) is 5.91 Å². The van der Waals surface area contributed by atoms with Crippen molar-refractivity contribution < 1.29 is 13.6 Å². The van der Waals surface area contributed by atoms with E-state index in [2.05, 4.69) is 15.1 Å². The molecule has 7 nitrogen and oxygen atoms in total. The van der Waals surface area contributed by atoms with Crippen LogP contribution in [0.3, 0.4) is 0 Å². The highest BCUT2D eigenvalue weighted by molar-refractivity contribution is 6.11. The van der Waals surface area contributed by atoms with E-state index >= 15 is 4.39 Å². The van der Waals surface area contributed by atoms with Gasteiger partial charge in [-0.15, -0.1) is 0 Å². The van der Waals surface area contributed by atoms with Crippen molar-refractivity contribution in [1.82, 2.24) is 19.7 Å². The Morgan fingerprint density at radius 2 is 1.91 bits per heavy atom. The van der Waals surface area contributed by atoms with Crippen LogP contribution in [0.15, 0.2) is 42.7 Å². The van der Waals surface area contributed by atoms with Gasteiger partial charge in [-0.25, -0.2) is 13.8 Å². The summed E-state index contributed by atoms with van der Waals surface area (Å²) >= 11 is 0. The second kappa shape index (κ2) is 6.62. The van der Waals surface area contributed by atoms with Crippen molar-refractivity contribution in [3.05, 3.63) is 71.1 Å². The molecule has 0 saturated carbocycles. The normalized spacial score (nSPS) is 18.5. The molecule has 0 spiro atoms. The maximum absolute atomic E-state index is 15.5. The molecule has 0 radical (unpaired) electrons. The van der Waals surface area contributed by atoms with Gasteiger partial charge in [-0.3, -0.25) is 14.4 Å². The molecule has 32 heavy (non-hydrogen) atoms. The van der Waals surface area contributed by atoms with Crippen LogP contribution in [0.1, 0.15) is 33.4 Å². The fraction of sp³-hybridized carbons (Fsp3) is 0.261. The zero-order valence-corrected chi connectivity index (χ0v) is 17.5. The molecular formula is C23H20F2N6O. The highest BCUT2D eigenvalue weighted by Crippen LogP contribution is 2.44. The number of aromatic nitrogens is 4. The van der Waals surface area contributed by atoms with Crippen molar-refractivity contribution in [3.63, 3.8) is 0 Å². The first-order valence-corrected chi connectivity index (χ1v) is 10.4. The first-order chi connectivity index (χ1) is 15.4. The fourth-order valence-electron chi connectivity index (χ4n) is 4.67. The van der Waals surface area contributed by atoms with E-state index in [-0.39, 0.29) is 19.0 Å². The number of carbonyl (C=O) groups excluding carboxylic acids is 1. The van der Waals surface area contributed by atoms with E-state index in [0.29, 0.717) is 33.7 Å². The summed E-state index contributed by atoms with van der Waals surface area (Å²) < 4.78 is 30.4. The van der Waals surface area contributed by atoms with Crippen LogP contribution in [0.4, 0.5) is 20.2 Å². The summed E-state index contributed by atoms with van der Waals surface area (Å²) in [6.07, 6.45) is 0.715. The summed E-state index contributed by atoms with van der Waals surface area (Å²) in [5, 5.41) is 4.41. The molecule has 4 aromatic rings. The number of hydrogen-bond donors (Lipinski definition) is 1. The topological polar surface area (TPSA) is 70.0 Å². The Hall–Kier alpha value is -3.75. The molecular weight excluding hydrogens is 414 g/mol. The number of fused-ring (bicyclic) bond motifs is 2. The Kier molecular flexibility index (Phi) is 3.93. The van der Waals surface area contributed by atoms with Gasteiger partial charge in [0.05, 0.1) is 36.5 Å². The zero-order chi connectivity index (χ0) is 22.1. The third kappa shape index (κ3) is 2.60. The number of carbonyl (C=O) groups is 1. The van der Waals surface area contributed by atoms with Crippen molar-refractivity contribution in [2.24, 2.45) is 7.05 Å². The van der Waals surface area contributed by atoms with Crippen molar-refractivity contribution >= 4 is 28.3 Å². The molecule has 162 valence electrons. The molecule has 2 aromatic carbocycles. The van der Waals surface area contributed by atoms with Crippen molar-refractivity contribution in [2.45, 2.75) is 19.1 Å². The van der Waals surface area contributed by atoms with Crippen LogP contribution in [0.25, 0.3) is 11.0 Å². The standard InChI is InChI=1S/C23H20F2N6O/c1-12-20-21(28-29(12)2)23(32)31(15-4-6-18-19(8-15)27-11-26-18)22(20)16-5-3-14(7-17(16)25)30-9-13(24)10-30/h3-8,11,13,22H,9-10H2,1-2H3,(H,26,27). The number of imidazole rings is 1. The average molecular weight is 434 g/mol. The Labute approximate surface area is 182 Å². The van der Waals surface area contributed by atoms with Crippen molar-refractivity contribution in [3.8, 4) is 0 Å². The monoisotopic (exact) mass is 434 g/mol. The van der Waals surface area contributed by atoms with Crippen LogP contribution in [0.5, 0.6) is 0 Å². The number of alkyl halides is 1. The first kappa shape index (κ1) is 19.0. The minimum Gasteiger partial charge on any atom is -0.365 e. The molecule has 1 fully saturated rings. The predicted molar refractivity (Wildman–Crippen MR) is 116 cm³/mol. The quantitative estimate of drug-likeness (QED) is 0.534. The molecule has 6 rings (SSSR count). The van der Waals surface area contributed by atoms with Crippen LogP contribution in [-0.2, 0) is 7.05 Å². The molecule has 2 aliphatic rings. The van der Waals surface area contributed by atoms with Crippen LogP contribution in [0.2, 0.25) is 0 Å². The fourth-order valence-corrected chi connectivity index (χ4v) is 4.67. The summed E-state index contributed by atoms with van der Waals surface area (Å²) in [6, 6.07) is 9.71. The largest absolute Gasteiger partial charge is 0.365 e. The number of anilines is 2. The number of benzene rings is 2. The van der Waals surface area contributed by atoms with E-state index in [1.165, 1.54) is 6.07 Å². The lowest BCUT2D eigenvalue weighted by atomic mass is 9.97. The summed E-state index contributed by atoms with van der Waals surface area (Å²) in [4.78, 5) is 24.2. The molecule has 9 heteroatoms. The lowest BCUT2D eigenvalue weighted by Crippen LogP contribution is -2.48. The maximum atomic E-state index is 15.5. The number of hydrogen-bond acceptors (Lipinski definition) is 4. The third-order valence-electron chi connectivity index (χ3n) is 6.50. The Morgan fingerprint density at radius 3 is 2.66 bits per heavy atom. The van der Waals surface area contributed by atoms with Gasteiger partial charge in [-0.2, -0.15) is 5.10 Å². The average Bonchev–Trinajstić information content (AvgIpc) is 3.41. The zero-order valence-electron chi connectivity index (χ0n) is 17.5. The predicted octanol–water partition coefficient (Wildman–Crippen LogP) is 3.65. The van der Waals surface area contributed by atoms with Gasteiger partial charge < -0.3 is 9.88 Å². The number of aryl methyl sites for hydroxylation is 1. The lowest BCUT2D eigenvalue weighted by molar-refractivity contribution is 0.0988. The molecule has 0 bridgehead atoms. The van der Waals surface area contributed by atoms with E-state index in [4.69, 9.17) is 0 Å². The summed E-state index contributed by atoms with van der Waals surface area (Å²) in [5.74, 6) is -0.723. The highest BCUT2D eigenvalue weighted by Gasteiger charge is 2.44. The summed E-state index contributed by atoms with van der Waals surface area (Å²) in [5.41, 5.74) is 5.00. The van der Waals surface area contributed by atoms with Gasteiger partial charge in [-0.1, -0.05) is 6.07 Å². The lowest BCUT2D eigenvalue weighted by Gasteiger charge is -2.36. The minimum absolute atomic E-state index is 0.266. The molecule has 1 N–H and O–H groups in total. The number of aromatic amines is 1. The van der Waals surface area contributed by atoms with Gasteiger partial charge >= 0.3 is 0 Å². The SMILES string of the molecule is Cc1c2c(nn1C)C(=O)N(c1ccc3[nH]cnc3c1)C2c1ccc(N2CC(F)C2)cc1F. The maximum Gasteiger partial charge on any atom is 0.280 e. The van der Waals surface area contributed by atoms with Gasteiger partial charge in [0.1, 0.15) is 12.0 Å². The third-order valence-corrected chi connectivity index (χ3v) is 6.50. The molecule has 0 aliphatic carbocycles. The van der Waals surface area contributed by atoms with Crippen LogP contribution in [0, 0.1) is 12.7 Å². The summed E-state index contributed by atoms with van der Waals surface area (Å²) in [6.45, 7) is 2.41. The molecule has 1 amide bonds.